The molecule has 0 saturated heterocycles. The van der Waals surface area contributed by atoms with Gasteiger partial charge in [-0.25, -0.2) is 0 Å². The molecule has 1 amide bonds. The SMILES string of the molecule is CN(Cc1ccnn1C)C(=O)C12CC3CC(C)(CC(C)(C3)C1)C2. The van der Waals surface area contributed by atoms with E-state index in [-0.39, 0.29) is 5.41 Å². The van der Waals surface area contributed by atoms with Gasteiger partial charge in [0.1, 0.15) is 0 Å². The van der Waals surface area contributed by atoms with Crippen LogP contribution in [-0.4, -0.2) is 27.6 Å². The van der Waals surface area contributed by atoms with Crippen LogP contribution in [-0.2, 0) is 18.4 Å². The van der Waals surface area contributed by atoms with Crippen LogP contribution in [0.2, 0.25) is 0 Å². The van der Waals surface area contributed by atoms with Crippen molar-refractivity contribution < 1.29 is 4.79 Å². The van der Waals surface area contributed by atoms with E-state index in [4.69, 9.17) is 0 Å². The van der Waals surface area contributed by atoms with Crippen molar-refractivity contribution >= 4 is 5.91 Å². The van der Waals surface area contributed by atoms with E-state index in [1.165, 1.54) is 19.3 Å². The minimum Gasteiger partial charge on any atom is -0.339 e. The molecule has 0 aromatic carbocycles. The monoisotopic (exact) mass is 315 g/mol. The average Bonchev–Trinajstić information content (AvgIpc) is 2.79. The largest absolute Gasteiger partial charge is 0.339 e. The zero-order valence-corrected chi connectivity index (χ0v) is 14.9. The standard InChI is InChI=1S/C19H29N3O/c1-17-7-14-8-18(2,11-17)13-19(9-14,12-17)16(23)21(3)10-15-5-6-20-22(15)4/h5-6,14H,7-13H2,1-4H3. The van der Waals surface area contributed by atoms with Crippen LogP contribution in [0.1, 0.15) is 58.1 Å². The van der Waals surface area contributed by atoms with Crippen LogP contribution >= 0.6 is 0 Å². The smallest absolute Gasteiger partial charge is 0.228 e. The van der Waals surface area contributed by atoms with Crippen LogP contribution in [0, 0.1) is 22.2 Å². The molecule has 4 bridgehead atoms. The van der Waals surface area contributed by atoms with Crippen molar-refractivity contribution in [1.29, 1.82) is 0 Å². The van der Waals surface area contributed by atoms with Gasteiger partial charge in [-0.05, 0) is 61.3 Å². The van der Waals surface area contributed by atoms with E-state index in [9.17, 15) is 4.79 Å². The fourth-order valence-electron chi connectivity index (χ4n) is 6.96. The third kappa shape index (κ3) is 2.33. The predicted molar refractivity (Wildman–Crippen MR) is 89.5 cm³/mol. The predicted octanol–water partition coefficient (Wildman–Crippen LogP) is 3.38. The summed E-state index contributed by atoms with van der Waals surface area (Å²) in [6.45, 7) is 5.52. The molecule has 1 heterocycles. The summed E-state index contributed by atoms with van der Waals surface area (Å²) in [5, 5.41) is 4.22. The number of amides is 1. The second-order valence-electron chi connectivity index (χ2n) is 9.52. The van der Waals surface area contributed by atoms with E-state index >= 15 is 0 Å². The van der Waals surface area contributed by atoms with Gasteiger partial charge >= 0.3 is 0 Å². The van der Waals surface area contributed by atoms with Crippen molar-refractivity contribution in [3.63, 3.8) is 0 Å². The van der Waals surface area contributed by atoms with Crippen LogP contribution in [0.25, 0.3) is 0 Å². The third-order valence-corrected chi connectivity index (χ3v) is 6.75. The average molecular weight is 315 g/mol. The number of aromatic nitrogens is 2. The number of nitrogens with zero attached hydrogens (tertiary/aromatic N) is 3. The van der Waals surface area contributed by atoms with Crippen LogP contribution in [0.15, 0.2) is 12.3 Å². The first-order chi connectivity index (χ1) is 10.7. The Morgan fingerprint density at radius 2 is 1.91 bits per heavy atom. The highest BCUT2D eigenvalue weighted by molar-refractivity contribution is 5.83. The van der Waals surface area contributed by atoms with Crippen molar-refractivity contribution in [3.05, 3.63) is 18.0 Å². The fraction of sp³-hybridized carbons (Fsp3) is 0.789. The molecular weight excluding hydrogens is 286 g/mol. The second-order valence-corrected chi connectivity index (χ2v) is 9.52. The van der Waals surface area contributed by atoms with Gasteiger partial charge in [0.25, 0.3) is 0 Å². The molecule has 2 unspecified atom stereocenters. The molecular formula is C19H29N3O. The molecule has 0 N–H and O–H groups in total. The Balaban J connectivity index is 1.59. The van der Waals surface area contributed by atoms with Crippen LogP contribution < -0.4 is 0 Å². The highest BCUT2D eigenvalue weighted by atomic mass is 16.2. The van der Waals surface area contributed by atoms with E-state index in [2.05, 4.69) is 18.9 Å². The van der Waals surface area contributed by atoms with Gasteiger partial charge in [0.15, 0.2) is 0 Å². The van der Waals surface area contributed by atoms with E-state index in [0.29, 0.717) is 23.3 Å². The molecule has 4 aliphatic rings. The first kappa shape index (κ1) is 15.2. The molecule has 0 radical (unpaired) electrons. The summed E-state index contributed by atoms with van der Waals surface area (Å²) in [4.78, 5) is 15.4. The molecule has 1 aromatic rings. The maximum Gasteiger partial charge on any atom is 0.228 e. The Morgan fingerprint density at radius 1 is 1.26 bits per heavy atom. The summed E-state index contributed by atoms with van der Waals surface area (Å²) < 4.78 is 1.87. The Labute approximate surface area is 139 Å². The van der Waals surface area contributed by atoms with Crippen LogP contribution in [0.5, 0.6) is 0 Å². The molecule has 0 spiro atoms. The number of carbonyl (C=O) groups excluding carboxylic acids is 1. The number of aryl methyl sites for hydroxylation is 1. The lowest BCUT2D eigenvalue weighted by molar-refractivity contribution is -0.178. The van der Waals surface area contributed by atoms with Crippen LogP contribution in [0.4, 0.5) is 0 Å². The topological polar surface area (TPSA) is 38.1 Å². The second kappa shape index (κ2) is 4.61. The van der Waals surface area contributed by atoms with Gasteiger partial charge in [-0.3, -0.25) is 9.48 Å². The summed E-state index contributed by atoms with van der Waals surface area (Å²) in [6, 6.07) is 2.01. The van der Waals surface area contributed by atoms with Crippen molar-refractivity contribution in [2.24, 2.45) is 29.2 Å². The fourth-order valence-corrected chi connectivity index (χ4v) is 6.96. The lowest BCUT2D eigenvalue weighted by Gasteiger charge is -2.65. The van der Waals surface area contributed by atoms with E-state index in [0.717, 1.165) is 30.9 Å². The number of hydrogen-bond acceptors (Lipinski definition) is 2. The van der Waals surface area contributed by atoms with Crippen molar-refractivity contribution in [2.75, 3.05) is 7.05 Å². The summed E-state index contributed by atoms with van der Waals surface area (Å²) in [6.07, 6.45) is 9.11. The molecule has 4 aliphatic carbocycles. The molecule has 4 nitrogen and oxygen atoms in total. The van der Waals surface area contributed by atoms with Crippen LogP contribution in [0.3, 0.4) is 0 Å². The highest BCUT2D eigenvalue weighted by Crippen LogP contribution is 2.69. The molecule has 4 saturated carbocycles. The molecule has 23 heavy (non-hydrogen) atoms. The molecule has 4 heteroatoms. The zero-order chi connectivity index (χ0) is 16.5. The van der Waals surface area contributed by atoms with E-state index < -0.39 is 0 Å². The van der Waals surface area contributed by atoms with Crippen molar-refractivity contribution in [3.8, 4) is 0 Å². The molecule has 0 aliphatic heterocycles. The molecule has 4 fully saturated rings. The van der Waals surface area contributed by atoms with Gasteiger partial charge in [0.05, 0.1) is 17.7 Å². The molecule has 5 rings (SSSR count). The Morgan fingerprint density at radius 3 is 2.43 bits per heavy atom. The first-order valence-corrected chi connectivity index (χ1v) is 8.95. The zero-order valence-electron chi connectivity index (χ0n) is 14.9. The van der Waals surface area contributed by atoms with Gasteiger partial charge in [-0.15, -0.1) is 0 Å². The number of hydrogen-bond donors (Lipinski definition) is 0. The summed E-state index contributed by atoms with van der Waals surface area (Å²) in [7, 11) is 3.92. The summed E-state index contributed by atoms with van der Waals surface area (Å²) in [5.74, 6) is 1.13. The molecule has 1 aromatic heterocycles. The van der Waals surface area contributed by atoms with Gasteiger partial charge in [0, 0.05) is 20.3 Å². The lowest BCUT2D eigenvalue weighted by atomic mass is 9.40. The molecule has 126 valence electrons. The summed E-state index contributed by atoms with van der Waals surface area (Å²) in [5.41, 5.74) is 1.77. The lowest BCUT2D eigenvalue weighted by Crippen LogP contribution is -2.59. The first-order valence-electron chi connectivity index (χ1n) is 8.95. The minimum atomic E-state index is -0.101. The number of rotatable bonds is 3. The van der Waals surface area contributed by atoms with E-state index in [1.807, 2.05) is 29.7 Å². The van der Waals surface area contributed by atoms with E-state index in [1.54, 1.807) is 6.20 Å². The maximum atomic E-state index is 13.4. The quantitative estimate of drug-likeness (QED) is 0.857. The van der Waals surface area contributed by atoms with Crippen molar-refractivity contribution in [1.82, 2.24) is 14.7 Å². The number of carbonyl (C=O) groups is 1. The van der Waals surface area contributed by atoms with Gasteiger partial charge in [-0.2, -0.15) is 5.10 Å². The third-order valence-electron chi connectivity index (χ3n) is 6.75. The van der Waals surface area contributed by atoms with Gasteiger partial charge in [-0.1, -0.05) is 13.8 Å². The Kier molecular flexibility index (Phi) is 3.05. The highest BCUT2D eigenvalue weighted by Gasteiger charge is 2.63. The Bertz CT molecular complexity index is 631. The normalized spacial score (nSPS) is 41.3. The van der Waals surface area contributed by atoms with Crippen molar-refractivity contribution in [2.45, 2.75) is 58.9 Å². The Hall–Kier alpha value is -1.32. The van der Waals surface area contributed by atoms with Gasteiger partial charge < -0.3 is 4.90 Å². The maximum absolute atomic E-state index is 13.4. The minimum absolute atomic E-state index is 0.101. The summed E-state index contributed by atoms with van der Waals surface area (Å²) >= 11 is 0. The molecule has 2 atom stereocenters. The van der Waals surface area contributed by atoms with Gasteiger partial charge in [0.2, 0.25) is 5.91 Å².